The van der Waals surface area contributed by atoms with E-state index in [0.29, 0.717) is 22.3 Å². The predicted octanol–water partition coefficient (Wildman–Crippen LogP) is 3.42. The van der Waals surface area contributed by atoms with Crippen molar-refractivity contribution in [2.45, 2.75) is 51.6 Å². The number of esters is 2. The second-order valence-corrected chi connectivity index (χ2v) is 12.6. The number of ether oxygens (including phenoxy) is 2. The van der Waals surface area contributed by atoms with Crippen LogP contribution in [0.1, 0.15) is 60.6 Å². The van der Waals surface area contributed by atoms with Gasteiger partial charge in [0.05, 0.1) is 64.6 Å². The summed E-state index contributed by atoms with van der Waals surface area (Å²) in [5.41, 5.74) is 2.86. The third-order valence-corrected chi connectivity index (χ3v) is 10.2. The lowest BCUT2D eigenvalue weighted by atomic mass is 9.89. The molecule has 0 aliphatic carbocycles. The van der Waals surface area contributed by atoms with Gasteiger partial charge in [0.25, 0.3) is 5.91 Å². The van der Waals surface area contributed by atoms with E-state index in [-0.39, 0.29) is 59.3 Å². The van der Waals surface area contributed by atoms with Gasteiger partial charge in [0.15, 0.2) is 11.6 Å². The number of fused-ring (bicyclic) bond motifs is 8. The Morgan fingerprint density at radius 2 is 1.60 bits per heavy atom. The van der Waals surface area contributed by atoms with Crippen LogP contribution in [0.15, 0.2) is 70.5 Å². The van der Waals surface area contributed by atoms with Crippen molar-refractivity contribution in [3.8, 4) is 17.3 Å². The van der Waals surface area contributed by atoms with Crippen LogP contribution in [0.3, 0.4) is 0 Å². The van der Waals surface area contributed by atoms with Gasteiger partial charge >= 0.3 is 11.9 Å². The molecule has 12 nitrogen and oxygen atoms in total. The third kappa shape index (κ3) is 4.04. The van der Waals surface area contributed by atoms with Gasteiger partial charge in [-0.15, -0.1) is 0 Å². The van der Waals surface area contributed by atoms with E-state index in [1.165, 1.54) is 23.7 Å². The molecule has 0 bridgehead atoms. The summed E-state index contributed by atoms with van der Waals surface area (Å²) in [6.07, 6.45) is 0.131. The van der Waals surface area contributed by atoms with Gasteiger partial charge in [-0.1, -0.05) is 50.2 Å². The zero-order valence-electron chi connectivity index (χ0n) is 27.7. The van der Waals surface area contributed by atoms with Crippen LogP contribution in [0.2, 0.25) is 0 Å². The molecule has 0 unspecified atom stereocenters. The van der Waals surface area contributed by atoms with Crippen molar-refractivity contribution in [1.29, 1.82) is 0 Å². The van der Waals surface area contributed by atoms with E-state index in [2.05, 4.69) is 4.98 Å². The zero-order valence-corrected chi connectivity index (χ0v) is 27.7. The van der Waals surface area contributed by atoms with Gasteiger partial charge < -0.3 is 19.6 Å². The van der Waals surface area contributed by atoms with Gasteiger partial charge in [0.1, 0.15) is 12.1 Å². The van der Waals surface area contributed by atoms with Crippen LogP contribution in [0.5, 0.6) is 5.88 Å². The molecular formula is C38H32N4O8. The summed E-state index contributed by atoms with van der Waals surface area (Å²) in [7, 11) is 2.46. The van der Waals surface area contributed by atoms with Gasteiger partial charge in [0, 0.05) is 41.8 Å². The van der Waals surface area contributed by atoms with E-state index in [9.17, 15) is 29.1 Å². The summed E-state index contributed by atoms with van der Waals surface area (Å²) in [6, 6.07) is 12.6. The highest BCUT2D eigenvalue weighted by atomic mass is 16.5. The number of Topliss-reactive ketones (excluding diaryl/α,β-unsaturated/α-hetero) is 2. The number of methoxy groups -OCH3 is 2. The smallest absolute Gasteiger partial charge is 0.329 e. The Morgan fingerprint density at radius 3 is 2.32 bits per heavy atom. The monoisotopic (exact) mass is 672 g/mol. The molecule has 0 saturated carbocycles. The van der Waals surface area contributed by atoms with Gasteiger partial charge in [-0.05, 0) is 23.3 Å². The molecular weight excluding hydrogens is 640 g/mol. The maximum atomic E-state index is 14.9. The summed E-state index contributed by atoms with van der Waals surface area (Å²) < 4.78 is 11.7. The maximum absolute atomic E-state index is 14.9. The van der Waals surface area contributed by atoms with Crippen molar-refractivity contribution >= 4 is 51.5 Å². The number of aromatic nitrogens is 2. The minimum Gasteiger partial charge on any atom is -0.494 e. The largest absolute Gasteiger partial charge is 0.494 e. The molecule has 0 radical (unpaired) electrons. The number of carbonyl (C=O) groups excluding carboxylic acids is 5. The quantitative estimate of drug-likeness (QED) is 0.223. The first-order valence-electron chi connectivity index (χ1n) is 16.5. The number of para-hydroxylation sites is 2. The topological polar surface area (TPSA) is 160 Å². The minimum atomic E-state index is -1.16. The number of H-pyrrole nitrogens is 1. The molecule has 50 heavy (non-hydrogen) atoms. The molecule has 4 aromatic rings. The number of hydrogen-bond acceptors (Lipinski definition) is 9. The summed E-state index contributed by atoms with van der Waals surface area (Å²) >= 11 is 0. The van der Waals surface area contributed by atoms with Crippen LogP contribution in [-0.4, -0.2) is 69.2 Å². The molecule has 252 valence electrons. The number of allylic oxidation sites excluding steroid dienone is 2. The second-order valence-electron chi connectivity index (χ2n) is 12.6. The number of carbonyl (C=O) groups is 5. The normalized spacial score (nSPS) is 18.8. The van der Waals surface area contributed by atoms with E-state index in [0.717, 1.165) is 21.7 Å². The van der Waals surface area contributed by atoms with Crippen molar-refractivity contribution in [2.24, 2.45) is 4.99 Å². The van der Waals surface area contributed by atoms with Crippen LogP contribution in [0.4, 0.5) is 0 Å². The average Bonchev–Trinajstić information content (AvgIpc) is 3.87. The summed E-state index contributed by atoms with van der Waals surface area (Å²) in [4.78, 5) is 79.6. The average molecular weight is 673 g/mol. The summed E-state index contributed by atoms with van der Waals surface area (Å²) in [5.74, 6) is -3.56. The van der Waals surface area contributed by atoms with Gasteiger partial charge in [-0.25, -0.2) is 14.6 Å². The Balaban J connectivity index is 1.51. The number of rotatable bonds is 7. The third-order valence-electron chi connectivity index (χ3n) is 10.2. The molecule has 1 amide bonds. The molecule has 8 rings (SSSR count). The van der Waals surface area contributed by atoms with E-state index in [1.54, 1.807) is 13.8 Å². The molecule has 0 saturated heterocycles. The maximum Gasteiger partial charge on any atom is 0.329 e. The Labute approximate surface area is 285 Å². The Morgan fingerprint density at radius 1 is 0.920 bits per heavy atom. The van der Waals surface area contributed by atoms with E-state index in [4.69, 9.17) is 14.5 Å². The van der Waals surface area contributed by atoms with Crippen molar-refractivity contribution in [2.75, 3.05) is 14.2 Å². The van der Waals surface area contributed by atoms with Crippen molar-refractivity contribution in [3.05, 3.63) is 92.8 Å². The first-order chi connectivity index (χ1) is 24.2. The summed E-state index contributed by atoms with van der Waals surface area (Å²) in [5, 5.41) is 14.5. The molecule has 2 aromatic heterocycles. The van der Waals surface area contributed by atoms with E-state index < -0.39 is 47.4 Å². The molecule has 2 N–H and O–H groups in total. The van der Waals surface area contributed by atoms with E-state index >= 15 is 0 Å². The van der Waals surface area contributed by atoms with Crippen LogP contribution in [-0.2, 0) is 35.1 Å². The van der Waals surface area contributed by atoms with Crippen LogP contribution >= 0.6 is 0 Å². The second kappa shape index (κ2) is 11.3. The van der Waals surface area contributed by atoms with Crippen molar-refractivity contribution < 1.29 is 38.6 Å². The number of ketones is 2. The Hall–Kier alpha value is -6.04. The standard InChI is InChI=1S/C38H32N4O8/c1-5-25(43)27-29(35(45)41-23(37(47)49-3)15-19-17-11-7-9-13-21(17)39-31(19)33(27)41)30-28(26(44)6-2)34-32-20(18-12-8-10-14-22(18)40-32)16-24(38(48)50-4)42(34)36(30)46/h7-14,23-24,39,45H,5-6,15-16H2,1-4H3/t23-,24-/m0/s1. The Bertz CT molecular complexity index is 2460. The van der Waals surface area contributed by atoms with Gasteiger partial charge in [-0.3, -0.25) is 23.9 Å². The SMILES string of the molecule is CCC(=O)C1=C(c2c(C(=O)CC)c3n(c2O)[C@H](C(=O)OC)Cc2c-3[nH]c3ccccc23)C(=O)N2C1=C1N=c3ccccc3=C1C[C@H]2C(=O)OC. The number of benzene rings is 2. The molecule has 6 heterocycles. The number of nitrogens with zero attached hydrogens (tertiary/aromatic N) is 3. The highest BCUT2D eigenvalue weighted by Crippen LogP contribution is 2.53. The van der Waals surface area contributed by atoms with Crippen LogP contribution in [0.25, 0.3) is 33.4 Å². The molecule has 2 atom stereocenters. The fourth-order valence-electron chi connectivity index (χ4n) is 7.97. The molecule has 12 heteroatoms. The fraction of sp³-hybridized carbons (Fsp3) is 0.263. The Kier molecular flexibility index (Phi) is 7.04. The van der Waals surface area contributed by atoms with Gasteiger partial charge in [0.2, 0.25) is 5.88 Å². The van der Waals surface area contributed by atoms with Crippen molar-refractivity contribution in [1.82, 2.24) is 14.5 Å². The highest BCUT2D eigenvalue weighted by molar-refractivity contribution is 6.35. The first kappa shape index (κ1) is 31.2. The number of aromatic hydroxyl groups is 1. The zero-order chi connectivity index (χ0) is 35.2. The van der Waals surface area contributed by atoms with E-state index in [1.807, 2.05) is 48.5 Å². The number of nitrogens with one attached hydrogen (secondary N) is 1. The van der Waals surface area contributed by atoms with Crippen molar-refractivity contribution in [3.63, 3.8) is 0 Å². The molecule has 4 aliphatic heterocycles. The first-order valence-corrected chi connectivity index (χ1v) is 16.5. The lowest BCUT2D eigenvalue weighted by Crippen LogP contribution is -2.46. The number of hydrogen-bond donors (Lipinski definition) is 2. The number of amides is 1. The fourth-order valence-corrected chi connectivity index (χ4v) is 7.97. The molecule has 0 spiro atoms. The minimum absolute atomic E-state index is 0.0212. The highest BCUT2D eigenvalue weighted by Gasteiger charge is 2.52. The predicted molar refractivity (Wildman–Crippen MR) is 180 cm³/mol. The lowest BCUT2D eigenvalue weighted by Gasteiger charge is -2.33. The number of aromatic amines is 1. The summed E-state index contributed by atoms with van der Waals surface area (Å²) in [6.45, 7) is 3.30. The van der Waals surface area contributed by atoms with Crippen LogP contribution in [0, 0.1) is 0 Å². The van der Waals surface area contributed by atoms with Crippen LogP contribution < -0.4 is 10.6 Å². The molecule has 4 aliphatic rings. The lowest BCUT2D eigenvalue weighted by molar-refractivity contribution is -0.149. The molecule has 2 aromatic carbocycles. The molecule has 0 fully saturated rings. The van der Waals surface area contributed by atoms with Gasteiger partial charge in [-0.2, -0.15) is 0 Å².